The van der Waals surface area contributed by atoms with Crippen LogP contribution in [0.4, 0.5) is 5.69 Å². The van der Waals surface area contributed by atoms with Crippen molar-refractivity contribution >= 4 is 33.0 Å². The molecule has 2 aromatic rings. The van der Waals surface area contributed by atoms with Gasteiger partial charge in [-0.15, -0.1) is 11.3 Å². The summed E-state index contributed by atoms with van der Waals surface area (Å²) >= 11 is 1.30. The van der Waals surface area contributed by atoms with Gasteiger partial charge in [-0.3, -0.25) is 4.79 Å². The van der Waals surface area contributed by atoms with Crippen molar-refractivity contribution < 1.29 is 13.2 Å². The number of thiazole rings is 1. The maximum Gasteiger partial charge on any atom is 0.275 e. The predicted octanol–water partition coefficient (Wildman–Crippen LogP) is 2.24. The summed E-state index contributed by atoms with van der Waals surface area (Å²) in [4.78, 5) is 16.5. The maximum atomic E-state index is 12.6. The fourth-order valence-corrected chi connectivity index (χ4v) is 4.47. The third-order valence-corrected chi connectivity index (χ3v) is 5.91. The number of amides is 1. The first-order valence-corrected chi connectivity index (χ1v) is 9.98. The minimum absolute atomic E-state index is 0.126. The molecule has 0 bridgehead atoms. The SMILES string of the molecule is Cc1ccc(NC(=O)c2csc(CN)n2)cc1S(=O)(=O)NC(C)(C)C. The molecule has 0 saturated carbocycles. The van der Waals surface area contributed by atoms with Gasteiger partial charge < -0.3 is 11.1 Å². The second-order valence-electron chi connectivity index (χ2n) is 6.62. The number of nitrogens with zero attached hydrogens (tertiary/aromatic N) is 1. The van der Waals surface area contributed by atoms with Gasteiger partial charge in [0.25, 0.3) is 5.91 Å². The zero-order chi connectivity index (χ0) is 18.8. The summed E-state index contributed by atoms with van der Waals surface area (Å²) in [5.74, 6) is -0.410. The summed E-state index contributed by atoms with van der Waals surface area (Å²) in [6, 6.07) is 4.75. The van der Waals surface area contributed by atoms with Crippen LogP contribution < -0.4 is 15.8 Å². The Morgan fingerprint density at radius 3 is 2.56 bits per heavy atom. The van der Waals surface area contributed by atoms with Gasteiger partial charge in [0.1, 0.15) is 10.7 Å². The molecule has 25 heavy (non-hydrogen) atoms. The zero-order valence-corrected chi connectivity index (χ0v) is 16.2. The van der Waals surface area contributed by atoms with Gasteiger partial charge in [0.15, 0.2) is 0 Å². The van der Waals surface area contributed by atoms with E-state index in [1.807, 2.05) is 0 Å². The van der Waals surface area contributed by atoms with Crippen LogP contribution in [0.5, 0.6) is 0 Å². The molecule has 7 nitrogen and oxygen atoms in total. The van der Waals surface area contributed by atoms with E-state index in [4.69, 9.17) is 5.73 Å². The molecule has 0 unspecified atom stereocenters. The highest BCUT2D eigenvalue weighted by molar-refractivity contribution is 7.89. The van der Waals surface area contributed by atoms with Crippen LogP contribution in [0.15, 0.2) is 28.5 Å². The van der Waals surface area contributed by atoms with Gasteiger partial charge in [0.2, 0.25) is 10.0 Å². The first-order valence-electron chi connectivity index (χ1n) is 7.62. The van der Waals surface area contributed by atoms with Gasteiger partial charge in [-0.05, 0) is 45.4 Å². The smallest absolute Gasteiger partial charge is 0.275 e. The Morgan fingerprint density at radius 2 is 2.00 bits per heavy atom. The molecule has 1 amide bonds. The van der Waals surface area contributed by atoms with Crippen LogP contribution in [-0.4, -0.2) is 24.8 Å². The van der Waals surface area contributed by atoms with Gasteiger partial charge in [0, 0.05) is 23.2 Å². The van der Waals surface area contributed by atoms with Gasteiger partial charge in [0.05, 0.1) is 4.90 Å². The van der Waals surface area contributed by atoms with Crippen molar-refractivity contribution in [3.63, 3.8) is 0 Å². The summed E-state index contributed by atoms with van der Waals surface area (Å²) < 4.78 is 27.8. The Morgan fingerprint density at radius 1 is 1.32 bits per heavy atom. The highest BCUT2D eigenvalue weighted by Gasteiger charge is 2.24. The molecule has 9 heteroatoms. The Bertz CT molecular complexity index is 883. The molecule has 1 aromatic carbocycles. The van der Waals surface area contributed by atoms with Crippen molar-refractivity contribution in [2.24, 2.45) is 5.73 Å². The number of hydrogen-bond acceptors (Lipinski definition) is 6. The molecule has 1 heterocycles. The average Bonchev–Trinajstić information content (AvgIpc) is 2.95. The lowest BCUT2D eigenvalue weighted by atomic mass is 10.1. The number of aryl methyl sites for hydroxylation is 1. The molecule has 0 aliphatic carbocycles. The van der Waals surface area contributed by atoms with Crippen molar-refractivity contribution in [2.75, 3.05) is 5.32 Å². The zero-order valence-electron chi connectivity index (χ0n) is 14.6. The number of benzene rings is 1. The second-order valence-corrected chi connectivity index (χ2v) is 9.21. The minimum atomic E-state index is -3.70. The van der Waals surface area contributed by atoms with E-state index >= 15 is 0 Å². The number of aromatic nitrogens is 1. The lowest BCUT2D eigenvalue weighted by Crippen LogP contribution is -2.40. The van der Waals surface area contributed by atoms with E-state index < -0.39 is 21.5 Å². The van der Waals surface area contributed by atoms with Gasteiger partial charge in [-0.1, -0.05) is 6.07 Å². The van der Waals surface area contributed by atoms with Crippen molar-refractivity contribution in [3.05, 3.63) is 39.8 Å². The number of nitrogens with two attached hydrogens (primary N) is 1. The summed E-state index contributed by atoms with van der Waals surface area (Å²) in [6.07, 6.45) is 0. The van der Waals surface area contributed by atoms with Crippen molar-refractivity contribution in [1.29, 1.82) is 0 Å². The number of anilines is 1. The second kappa shape index (κ2) is 7.20. The summed E-state index contributed by atoms with van der Waals surface area (Å²) in [7, 11) is -3.70. The quantitative estimate of drug-likeness (QED) is 0.734. The molecular weight excluding hydrogens is 360 g/mol. The van der Waals surface area contributed by atoms with E-state index in [0.717, 1.165) is 0 Å². The first kappa shape index (κ1) is 19.5. The van der Waals surface area contributed by atoms with Crippen molar-refractivity contribution in [3.8, 4) is 0 Å². The number of carbonyl (C=O) groups excluding carboxylic acids is 1. The van der Waals surface area contributed by atoms with Crippen LogP contribution in [-0.2, 0) is 16.6 Å². The molecule has 4 N–H and O–H groups in total. The molecule has 0 spiro atoms. The molecule has 136 valence electrons. The first-order chi connectivity index (χ1) is 11.5. The normalized spacial score (nSPS) is 12.2. The fraction of sp³-hybridized carbons (Fsp3) is 0.375. The molecule has 0 aliphatic heterocycles. The number of rotatable bonds is 5. The molecule has 1 aromatic heterocycles. The maximum absolute atomic E-state index is 12.6. The topological polar surface area (TPSA) is 114 Å². The highest BCUT2D eigenvalue weighted by atomic mass is 32.2. The fourth-order valence-electron chi connectivity index (χ4n) is 2.13. The molecular formula is C16H22N4O3S2. The summed E-state index contributed by atoms with van der Waals surface area (Å²) in [6.45, 7) is 7.27. The van der Waals surface area contributed by atoms with Crippen LogP contribution in [0.25, 0.3) is 0 Å². The van der Waals surface area contributed by atoms with Crippen molar-refractivity contribution in [2.45, 2.75) is 44.7 Å². The summed E-state index contributed by atoms with van der Waals surface area (Å²) in [5.41, 5.74) is 6.11. The van der Waals surface area contributed by atoms with E-state index in [2.05, 4.69) is 15.0 Å². The number of nitrogens with one attached hydrogen (secondary N) is 2. The van der Waals surface area contributed by atoms with E-state index in [1.165, 1.54) is 17.4 Å². The van der Waals surface area contributed by atoms with Gasteiger partial charge in [-0.2, -0.15) is 0 Å². The van der Waals surface area contributed by atoms with E-state index in [-0.39, 0.29) is 17.1 Å². The van der Waals surface area contributed by atoms with Gasteiger partial charge >= 0.3 is 0 Å². The van der Waals surface area contributed by atoms with Crippen LogP contribution >= 0.6 is 11.3 Å². The molecule has 0 aliphatic rings. The predicted molar refractivity (Wildman–Crippen MR) is 99.2 cm³/mol. The average molecular weight is 383 g/mol. The van der Waals surface area contributed by atoms with E-state index in [0.29, 0.717) is 16.3 Å². The molecule has 0 radical (unpaired) electrons. The van der Waals surface area contributed by atoms with Crippen LogP contribution in [0.3, 0.4) is 0 Å². The Labute approximate surface area is 151 Å². The largest absolute Gasteiger partial charge is 0.325 e. The summed E-state index contributed by atoms with van der Waals surface area (Å²) in [5, 5.41) is 4.94. The molecule has 0 saturated heterocycles. The molecule has 0 fully saturated rings. The third-order valence-electron chi connectivity index (χ3n) is 3.14. The standard InChI is InChI=1S/C16H22N4O3S2/c1-10-5-6-11(7-13(10)25(22,23)20-16(2,3)4)18-15(21)12-9-24-14(8-17)19-12/h5-7,9,20H,8,17H2,1-4H3,(H,18,21). The highest BCUT2D eigenvalue weighted by Crippen LogP contribution is 2.22. The van der Waals surface area contributed by atoms with Crippen LogP contribution in [0, 0.1) is 6.92 Å². The minimum Gasteiger partial charge on any atom is -0.325 e. The molecule has 0 atom stereocenters. The number of carbonyl (C=O) groups is 1. The van der Waals surface area contributed by atoms with Crippen LogP contribution in [0.2, 0.25) is 0 Å². The van der Waals surface area contributed by atoms with E-state index in [1.54, 1.807) is 45.2 Å². The Hall–Kier alpha value is -1.81. The Kier molecular flexibility index (Phi) is 5.62. The van der Waals surface area contributed by atoms with Crippen molar-refractivity contribution in [1.82, 2.24) is 9.71 Å². The third kappa shape index (κ3) is 5.08. The monoisotopic (exact) mass is 382 g/mol. The van der Waals surface area contributed by atoms with Crippen LogP contribution in [0.1, 0.15) is 41.8 Å². The Balaban J connectivity index is 2.28. The number of sulfonamides is 1. The van der Waals surface area contributed by atoms with E-state index in [9.17, 15) is 13.2 Å². The van der Waals surface area contributed by atoms with Gasteiger partial charge in [-0.25, -0.2) is 18.1 Å². The number of hydrogen-bond donors (Lipinski definition) is 3. The molecule has 2 rings (SSSR count). The lowest BCUT2D eigenvalue weighted by Gasteiger charge is -2.21. The lowest BCUT2D eigenvalue weighted by molar-refractivity contribution is 0.102.